The van der Waals surface area contributed by atoms with E-state index in [1.807, 2.05) is 0 Å². The van der Waals surface area contributed by atoms with E-state index in [1.54, 1.807) is 4.90 Å². The van der Waals surface area contributed by atoms with Gasteiger partial charge in [0.05, 0.1) is 6.54 Å². The van der Waals surface area contributed by atoms with Crippen molar-refractivity contribution in [2.24, 2.45) is 0 Å². The average Bonchev–Trinajstić information content (AvgIpc) is 2.68. The predicted octanol–water partition coefficient (Wildman–Crippen LogP) is -0.848. The van der Waals surface area contributed by atoms with Crippen molar-refractivity contribution in [1.82, 2.24) is 9.80 Å². The number of carbonyl (C=O) groups is 3. The molecule has 15 heavy (non-hydrogen) atoms. The first-order valence-corrected chi connectivity index (χ1v) is 4.78. The van der Waals surface area contributed by atoms with Crippen molar-refractivity contribution in [3.63, 3.8) is 0 Å². The van der Waals surface area contributed by atoms with Gasteiger partial charge in [0, 0.05) is 20.1 Å². The SMILES string of the molecule is CN(CC(=O)N1CCCC1)C(=O)C(=O)O. The van der Waals surface area contributed by atoms with Gasteiger partial charge in [-0.15, -0.1) is 0 Å². The fraction of sp³-hybridized carbons (Fsp3) is 0.667. The quantitative estimate of drug-likeness (QED) is 0.607. The Balaban J connectivity index is 2.43. The molecular weight excluding hydrogens is 200 g/mol. The zero-order valence-electron chi connectivity index (χ0n) is 8.60. The van der Waals surface area contributed by atoms with Crippen molar-refractivity contribution in [2.75, 3.05) is 26.7 Å². The van der Waals surface area contributed by atoms with E-state index in [-0.39, 0.29) is 12.5 Å². The van der Waals surface area contributed by atoms with Crippen molar-refractivity contribution in [3.05, 3.63) is 0 Å². The number of aliphatic carboxylic acids is 1. The zero-order valence-corrected chi connectivity index (χ0v) is 8.60. The highest BCUT2D eigenvalue weighted by atomic mass is 16.4. The fourth-order valence-electron chi connectivity index (χ4n) is 1.50. The summed E-state index contributed by atoms with van der Waals surface area (Å²) in [6, 6.07) is 0. The van der Waals surface area contributed by atoms with Gasteiger partial charge < -0.3 is 14.9 Å². The van der Waals surface area contributed by atoms with Crippen molar-refractivity contribution in [3.8, 4) is 0 Å². The van der Waals surface area contributed by atoms with Crippen LogP contribution in [0.4, 0.5) is 0 Å². The van der Waals surface area contributed by atoms with Crippen molar-refractivity contribution < 1.29 is 19.5 Å². The molecule has 1 aliphatic rings. The number of nitrogens with zero attached hydrogens (tertiary/aromatic N) is 2. The number of carboxylic acid groups (broad SMARTS) is 1. The molecule has 1 fully saturated rings. The Hall–Kier alpha value is -1.59. The Labute approximate surface area is 87.5 Å². The van der Waals surface area contributed by atoms with Crippen LogP contribution in [-0.4, -0.2) is 59.4 Å². The summed E-state index contributed by atoms with van der Waals surface area (Å²) in [5.74, 6) is -2.78. The fourth-order valence-corrected chi connectivity index (χ4v) is 1.50. The maximum Gasteiger partial charge on any atom is 0.394 e. The second-order valence-electron chi connectivity index (χ2n) is 3.55. The van der Waals surface area contributed by atoms with Gasteiger partial charge in [-0.1, -0.05) is 0 Å². The van der Waals surface area contributed by atoms with E-state index in [9.17, 15) is 14.4 Å². The van der Waals surface area contributed by atoms with Crippen LogP contribution in [0, 0.1) is 0 Å². The molecule has 0 aliphatic carbocycles. The molecule has 0 bridgehead atoms. The summed E-state index contributed by atoms with van der Waals surface area (Å²) < 4.78 is 0. The topological polar surface area (TPSA) is 77.9 Å². The van der Waals surface area contributed by atoms with Crippen LogP contribution < -0.4 is 0 Å². The molecule has 1 aliphatic heterocycles. The second kappa shape index (κ2) is 4.77. The van der Waals surface area contributed by atoms with Gasteiger partial charge in [0.15, 0.2) is 0 Å². The number of hydrogen-bond donors (Lipinski definition) is 1. The first kappa shape index (κ1) is 11.5. The molecule has 0 saturated carbocycles. The number of carbonyl (C=O) groups excluding carboxylic acids is 2. The standard InChI is InChI=1S/C9H14N2O4/c1-10(8(13)9(14)15)6-7(12)11-4-2-3-5-11/h2-6H2,1H3,(H,14,15). The Kier molecular flexibility index (Phi) is 3.65. The number of amides is 2. The molecule has 0 aromatic rings. The van der Waals surface area contributed by atoms with Crippen LogP contribution in [0.5, 0.6) is 0 Å². The van der Waals surface area contributed by atoms with Crippen LogP contribution in [0.2, 0.25) is 0 Å². The molecule has 0 radical (unpaired) electrons. The molecule has 6 nitrogen and oxygen atoms in total. The summed E-state index contributed by atoms with van der Waals surface area (Å²) in [5.41, 5.74) is 0. The largest absolute Gasteiger partial charge is 0.474 e. The van der Waals surface area contributed by atoms with Crippen LogP contribution >= 0.6 is 0 Å². The summed E-state index contributed by atoms with van der Waals surface area (Å²) in [6.45, 7) is 1.24. The van der Waals surface area contributed by atoms with Crippen LogP contribution in [-0.2, 0) is 14.4 Å². The Morgan fingerprint density at radius 1 is 1.27 bits per heavy atom. The van der Waals surface area contributed by atoms with E-state index < -0.39 is 11.9 Å². The molecule has 0 aromatic heterocycles. The lowest BCUT2D eigenvalue weighted by atomic mass is 10.4. The summed E-state index contributed by atoms with van der Waals surface area (Å²) in [5, 5.41) is 8.41. The third-order valence-corrected chi connectivity index (χ3v) is 2.36. The van der Waals surface area contributed by atoms with Crippen molar-refractivity contribution in [1.29, 1.82) is 0 Å². The molecule has 6 heteroatoms. The lowest BCUT2D eigenvalue weighted by Crippen LogP contribution is -2.42. The van der Waals surface area contributed by atoms with Gasteiger partial charge in [-0.05, 0) is 12.8 Å². The van der Waals surface area contributed by atoms with E-state index in [0.717, 1.165) is 17.7 Å². The van der Waals surface area contributed by atoms with E-state index >= 15 is 0 Å². The number of hydrogen-bond acceptors (Lipinski definition) is 3. The molecule has 2 amide bonds. The normalized spacial score (nSPS) is 15.1. The van der Waals surface area contributed by atoms with E-state index in [2.05, 4.69) is 0 Å². The molecule has 0 aromatic carbocycles. The number of likely N-dealkylation sites (N-methyl/N-ethyl adjacent to an activating group) is 1. The minimum absolute atomic E-state index is 0.162. The average molecular weight is 214 g/mol. The highest BCUT2D eigenvalue weighted by Gasteiger charge is 2.23. The summed E-state index contributed by atoms with van der Waals surface area (Å²) in [4.78, 5) is 35.4. The first-order valence-electron chi connectivity index (χ1n) is 4.78. The van der Waals surface area contributed by atoms with Gasteiger partial charge in [-0.3, -0.25) is 9.59 Å². The molecule has 0 spiro atoms. The van der Waals surface area contributed by atoms with E-state index in [4.69, 9.17) is 5.11 Å². The molecular formula is C9H14N2O4. The van der Waals surface area contributed by atoms with E-state index in [0.29, 0.717) is 13.1 Å². The molecule has 1 N–H and O–H groups in total. The predicted molar refractivity (Wildman–Crippen MR) is 51.1 cm³/mol. The monoisotopic (exact) mass is 214 g/mol. The Morgan fingerprint density at radius 3 is 2.27 bits per heavy atom. The Bertz CT molecular complexity index is 284. The second-order valence-corrected chi connectivity index (χ2v) is 3.55. The number of likely N-dealkylation sites (tertiary alicyclic amines) is 1. The van der Waals surface area contributed by atoms with E-state index in [1.165, 1.54) is 7.05 Å². The lowest BCUT2D eigenvalue weighted by Gasteiger charge is -2.19. The van der Waals surface area contributed by atoms with Gasteiger partial charge in [-0.25, -0.2) is 4.79 Å². The van der Waals surface area contributed by atoms with Gasteiger partial charge in [0.25, 0.3) is 0 Å². The molecule has 0 atom stereocenters. The molecule has 1 saturated heterocycles. The first-order chi connectivity index (χ1) is 7.02. The van der Waals surface area contributed by atoms with Crippen molar-refractivity contribution in [2.45, 2.75) is 12.8 Å². The van der Waals surface area contributed by atoms with Gasteiger partial charge >= 0.3 is 11.9 Å². The summed E-state index contributed by atoms with van der Waals surface area (Å²) in [6.07, 6.45) is 1.95. The third-order valence-electron chi connectivity index (χ3n) is 2.36. The van der Waals surface area contributed by atoms with Gasteiger partial charge in [0.1, 0.15) is 0 Å². The summed E-state index contributed by atoms with van der Waals surface area (Å²) in [7, 11) is 1.31. The minimum Gasteiger partial charge on any atom is -0.474 e. The van der Waals surface area contributed by atoms with Gasteiger partial charge in [0.2, 0.25) is 5.91 Å². The molecule has 84 valence electrons. The van der Waals surface area contributed by atoms with Crippen LogP contribution in [0.1, 0.15) is 12.8 Å². The highest BCUT2D eigenvalue weighted by Crippen LogP contribution is 2.07. The number of carboxylic acids is 1. The highest BCUT2D eigenvalue weighted by molar-refractivity contribution is 6.31. The zero-order chi connectivity index (χ0) is 11.4. The minimum atomic E-state index is -1.54. The lowest BCUT2D eigenvalue weighted by molar-refractivity contribution is -0.156. The van der Waals surface area contributed by atoms with Crippen LogP contribution in [0.25, 0.3) is 0 Å². The number of rotatable bonds is 2. The summed E-state index contributed by atoms with van der Waals surface area (Å²) >= 11 is 0. The Morgan fingerprint density at radius 2 is 1.80 bits per heavy atom. The third kappa shape index (κ3) is 2.93. The maximum atomic E-state index is 11.5. The molecule has 0 unspecified atom stereocenters. The van der Waals surface area contributed by atoms with Crippen LogP contribution in [0.3, 0.4) is 0 Å². The molecule has 1 rings (SSSR count). The van der Waals surface area contributed by atoms with Gasteiger partial charge in [-0.2, -0.15) is 0 Å². The van der Waals surface area contributed by atoms with Crippen molar-refractivity contribution >= 4 is 17.8 Å². The van der Waals surface area contributed by atoms with Crippen LogP contribution in [0.15, 0.2) is 0 Å². The molecule has 1 heterocycles. The maximum absolute atomic E-state index is 11.5. The smallest absolute Gasteiger partial charge is 0.394 e.